The summed E-state index contributed by atoms with van der Waals surface area (Å²) in [5, 5.41) is 4.39. The minimum atomic E-state index is -0.819. The van der Waals surface area contributed by atoms with Crippen molar-refractivity contribution in [2.75, 3.05) is 26.9 Å². The van der Waals surface area contributed by atoms with Crippen molar-refractivity contribution in [3.63, 3.8) is 0 Å². The van der Waals surface area contributed by atoms with Crippen molar-refractivity contribution in [3.8, 4) is 17.6 Å². The summed E-state index contributed by atoms with van der Waals surface area (Å²) in [4.78, 5) is 13.9. The van der Waals surface area contributed by atoms with Crippen LogP contribution in [0.15, 0.2) is 18.2 Å². The summed E-state index contributed by atoms with van der Waals surface area (Å²) in [5.41, 5.74) is 0.567. The third kappa shape index (κ3) is 5.95. The van der Waals surface area contributed by atoms with Crippen molar-refractivity contribution in [1.82, 2.24) is 14.7 Å². The van der Waals surface area contributed by atoms with Gasteiger partial charge in [-0.25, -0.2) is 13.6 Å². The Bertz CT molecular complexity index is 1020. The first-order valence-electron chi connectivity index (χ1n) is 9.84. The van der Waals surface area contributed by atoms with Gasteiger partial charge in [-0.05, 0) is 32.8 Å². The van der Waals surface area contributed by atoms with Gasteiger partial charge in [0.2, 0.25) is 0 Å². The van der Waals surface area contributed by atoms with Crippen LogP contribution in [0.25, 0.3) is 0 Å². The monoisotopic (exact) mass is 433 g/mol. The molecule has 1 amide bonds. The van der Waals surface area contributed by atoms with E-state index in [0.29, 0.717) is 25.3 Å². The standard InChI is InChI=1S/C22H25F2N3O4/c1-22(2,3)31-21(28)26-7-8-27-17(14-26)13-16(25-27)5-6-18-19(24)11-15(23)12-20(18)30-10-9-29-4/h11-13H,7-10,14H2,1-4H3. The zero-order valence-electron chi connectivity index (χ0n) is 18.0. The number of hydrogen-bond donors (Lipinski definition) is 0. The number of hydrogen-bond acceptors (Lipinski definition) is 5. The van der Waals surface area contributed by atoms with E-state index in [9.17, 15) is 13.6 Å². The van der Waals surface area contributed by atoms with Gasteiger partial charge in [0.15, 0.2) is 0 Å². The molecule has 2 heterocycles. The van der Waals surface area contributed by atoms with Gasteiger partial charge < -0.3 is 19.1 Å². The Balaban J connectivity index is 1.78. The highest BCUT2D eigenvalue weighted by molar-refractivity contribution is 5.68. The van der Waals surface area contributed by atoms with E-state index in [2.05, 4.69) is 16.9 Å². The van der Waals surface area contributed by atoms with Crippen LogP contribution < -0.4 is 4.74 Å². The molecule has 0 saturated carbocycles. The number of fused-ring (bicyclic) bond motifs is 1. The highest BCUT2D eigenvalue weighted by Gasteiger charge is 2.26. The maximum absolute atomic E-state index is 14.3. The molecule has 0 N–H and O–H groups in total. The lowest BCUT2D eigenvalue weighted by Gasteiger charge is -2.30. The zero-order chi connectivity index (χ0) is 22.6. The van der Waals surface area contributed by atoms with Crippen LogP contribution in [0.3, 0.4) is 0 Å². The van der Waals surface area contributed by atoms with Gasteiger partial charge in [0, 0.05) is 25.8 Å². The first-order valence-corrected chi connectivity index (χ1v) is 9.84. The lowest BCUT2D eigenvalue weighted by atomic mass is 10.1. The maximum atomic E-state index is 14.3. The smallest absolute Gasteiger partial charge is 0.410 e. The second-order valence-corrected chi connectivity index (χ2v) is 8.00. The number of benzene rings is 1. The fraction of sp³-hybridized carbons (Fsp3) is 0.455. The van der Waals surface area contributed by atoms with Crippen molar-refractivity contribution in [3.05, 3.63) is 46.8 Å². The van der Waals surface area contributed by atoms with Gasteiger partial charge in [-0.1, -0.05) is 5.92 Å². The molecule has 0 fully saturated rings. The van der Waals surface area contributed by atoms with E-state index >= 15 is 0 Å². The topological polar surface area (TPSA) is 65.8 Å². The van der Waals surface area contributed by atoms with Crippen LogP contribution >= 0.6 is 0 Å². The number of methoxy groups -OCH3 is 1. The minimum Gasteiger partial charge on any atom is -0.490 e. The Hall–Kier alpha value is -3.12. The van der Waals surface area contributed by atoms with E-state index in [0.717, 1.165) is 17.8 Å². The first-order chi connectivity index (χ1) is 14.7. The van der Waals surface area contributed by atoms with Gasteiger partial charge in [0.1, 0.15) is 40.8 Å². The Labute approximate surface area is 179 Å². The second-order valence-electron chi connectivity index (χ2n) is 8.00. The first kappa shape index (κ1) is 22.6. The zero-order valence-corrected chi connectivity index (χ0v) is 18.0. The van der Waals surface area contributed by atoms with Gasteiger partial charge in [-0.3, -0.25) is 4.68 Å². The number of rotatable bonds is 4. The lowest BCUT2D eigenvalue weighted by molar-refractivity contribution is 0.0194. The van der Waals surface area contributed by atoms with Gasteiger partial charge in [0.05, 0.1) is 25.4 Å². The third-order valence-electron chi connectivity index (χ3n) is 4.33. The summed E-state index contributed by atoms with van der Waals surface area (Å²) in [6.07, 6.45) is -0.390. The van der Waals surface area contributed by atoms with E-state index in [1.54, 1.807) is 15.6 Å². The molecule has 3 rings (SSSR count). The molecule has 0 radical (unpaired) electrons. The molecule has 2 aromatic rings. The molecule has 1 aliphatic heterocycles. The van der Waals surface area contributed by atoms with Crippen LogP contribution in [-0.4, -0.2) is 53.2 Å². The molecule has 0 unspecified atom stereocenters. The van der Waals surface area contributed by atoms with Crippen molar-refractivity contribution >= 4 is 6.09 Å². The highest BCUT2D eigenvalue weighted by atomic mass is 19.1. The van der Waals surface area contributed by atoms with Crippen LogP contribution in [0.2, 0.25) is 0 Å². The average molecular weight is 433 g/mol. The second kappa shape index (κ2) is 9.35. The summed E-state index contributed by atoms with van der Waals surface area (Å²) in [6, 6.07) is 3.57. The van der Waals surface area contributed by atoms with Crippen LogP contribution in [0.1, 0.15) is 37.7 Å². The van der Waals surface area contributed by atoms with E-state index in [1.165, 1.54) is 7.11 Å². The molecule has 9 heteroatoms. The fourth-order valence-electron chi connectivity index (χ4n) is 2.96. The molecule has 31 heavy (non-hydrogen) atoms. The fourth-order valence-corrected chi connectivity index (χ4v) is 2.96. The summed E-state index contributed by atoms with van der Waals surface area (Å²) in [5.74, 6) is 3.92. The molecule has 0 spiro atoms. The third-order valence-corrected chi connectivity index (χ3v) is 4.33. The summed E-state index contributed by atoms with van der Waals surface area (Å²) in [6.45, 7) is 7.13. The predicted molar refractivity (Wildman–Crippen MR) is 109 cm³/mol. The van der Waals surface area contributed by atoms with Crippen molar-refractivity contribution in [2.45, 2.75) is 39.5 Å². The minimum absolute atomic E-state index is 0.00197. The number of nitrogens with zero attached hydrogens (tertiary/aromatic N) is 3. The van der Waals surface area contributed by atoms with Crippen molar-refractivity contribution in [1.29, 1.82) is 0 Å². The van der Waals surface area contributed by atoms with Crippen molar-refractivity contribution in [2.24, 2.45) is 0 Å². The van der Waals surface area contributed by atoms with Crippen LogP contribution in [0.5, 0.6) is 5.75 Å². The van der Waals surface area contributed by atoms with Crippen LogP contribution in [0, 0.1) is 23.5 Å². The molecule has 1 aromatic carbocycles. The summed E-state index contributed by atoms with van der Waals surface area (Å²) in [7, 11) is 1.50. The Morgan fingerprint density at radius 1 is 1.16 bits per heavy atom. The van der Waals surface area contributed by atoms with Crippen LogP contribution in [0.4, 0.5) is 13.6 Å². The molecular formula is C22H25F2N3O4. The van der Waals surface area contributed by atoms with E-state index in [1.807, 2.05) is 20.8 Å². The Morgan fingerprint density at radius 2 is 1.94 bits per heavy atom. The summed E-state index contributed by atoms with van der Waals surface area (Å²) < 4.78 is 45.3. The van der Waals surface area contributed by atoms with Crippen molar-refractivity contribution < 1.29 is 27.8 Å². The number of aromatic nitrogens is 2. The molecule has 0 saturated heterocycles. The van der Waals surface area contributed by atoms with E-state index < -0.39 is 17.2 Å². The Kier molecular flexibility index (Phi) is 6.81. The average Bonchev–Trinajstić information content (AvgIpc) is 3.08. The highest BCUT2D eigenvalue weighted by Crippen LogP contribution is 2.23. The molecule has 1 aromatic heterocycles. The summed E-state index contributed by atoms with van der Waals surface area (Å²) >= 11 is 0. The number of halogens is 2. The number of carbonyl (C=O) groups is 1. The molecule has 0 atom stereocenters. The van der Waals surface area contributed by atoms with E-state index in [-0.39, 0.29) is 30.6 Å². The SMILES string of the molecule is COCCOc1cc(F)cc(F)c1C#Cc1cc2n(n1)CCN(C(=O)OC(C)(C)C)C2. The Morgan fingerprint density at radius 3 is 2.65 bits per heavy atom. The van der Waals surface area contributed by atoms with E-state index in [4.69, 9.17) is 14.2 Å². The van der Waals surface area contributed by atoms with Gasteiger partial charge in [-0.2, -0.15) is 5.10 Å². The van der Waals surface area contributed by atoms with Gasteiger partial charge >= 0.3 is 6.09 Å². The van der Waals surface area contributed by atoms with Gasteiger partial charge in [0.25, 0.3) is 0 Å². The van der Waals surface area contributed by atoms with Gasteiger partial charge in [-0.15, -0.1) is 0 Å². The molecular weight excluding hydrogens is 408 g/mol. The number of ether oxygens (including phenoxy) is 3. The molecule has 1 aliphatic rings. The number of amides is 1. The largest absolute Gasteiger partial charge is 0.490 e. The lowest BCUT2D eigenvalue weighted by Crippen LogP contribution is -2.41. The quantitative estimate of drug-likeness (QED) is 0.547. The molecule has 7 nitrogen and oxygen atoms in total. The normalized spacial score (nSPS) is 13.3. The van der Waals surface area contributed by atoms with Crippen LogP contribution in [-0.2, 0) is 22.6 Å². The molecule has 0 aliphatic carbocycles. The molecule has 0 bridgehead atoms. The number of carbonyl (C=O) groups excluding carboxylic acids is 1. The molecule has 166 valence electrons. The predicted octanol–water partition coefficient (Wildman–Crippen LogP) is 3.34. The maximum Gasteiger partial charge on any atom is 0.410 e.